The van der Waals surface area contributed by atoms with Gasteiger partial charge in [-0.1, -0.05) is 24.3 Å². The van der Waals surface area contributed by atoms with Crippen molar-refractivity contribution in [1.82, 2.24) is 5.32 Å². The summed E-state index contributed by atoms with van der Waals surface area (Å²) in [6.07, 6.45) is 2.62. The number of aliphatic hydroxyl groups is 1. The van der Waals surface area contributed by atoms with Gasteiger partial charge in [0.1, 0.15) is 11.5 Å². The van der Waals surface area contributed by atoms with E-state index in [-0.39, 0.29) is 6.61 Å². The second-order valence-corrected chi connectivity index (χ2v) is 5.66. The molecule has 0 unspecified atom stereocenters. The Bertz CT molecular complexity index is 603. The predicted octanol–water partition coefficient (Wildman–Crippen LogP) is 3.53. The van der Waals surface area contributed by atoms with Crippen molar-refractivity contribution in [1.29, 1.82) is 0 Å². The number of rotatable bonds is 6. The highest BCUT2D eigenvalue weighted by Crippen LogP contribution is 2.26. The number of ether oxygens (including phenoxy) is 1. The Morgan fingerprint density at radius 1 is 1.10 bits per heavy atom. The first-order valence-corrected chi connectivity index (χ1v) is 7.45. The lowest BCUT2D eigenvalue weighted by molar-refractivity contribution is 0.281. The highest BCUT2D eigenvalue weighted by atomic mass is 16.5. The van der Waals surface area contributed by atoms with Crippen LogP contribution in [0.15, 0.2) is 42.5 Å². The van der Waals surface area contributed by atoms with Gasteiger partial charge in [0, 0.05) is 12.6 Å². The van der Waals surface area contributed by atoms with Crippen LogP contribution in [0, 0.1) is 6.92 Å². The molecular weight excluding hydrogens is 262 g/mol. The van der Waals surface area contributed by atoms with Crippen molar-refractivity contribution in [3.05, 3.63) is 59.2 Å². The molecule has 1 fully saturated rings. The number of aryl methyl sites for hydroxylation is 1. The van der Waals surface area contributed by atoms with E-state index in [1.54, 1.807) is 0 Å². The molecule has 0 aromatic heterocycles. The molecule has 0 spiro atoms. The second-order valence-electron chi connectivity index (χ2n) is 5.66. The lowest BCUT2D eigenvalue weighted by Crippen LogP contribution is -2.15. The van der Waals surface area contributed by atoms with E-state index in [0.717, 1.165) is 35.2 Å². The number of aliphatic hydroxyl groups excluding tert-OH is 1. The Morgan fingerprint density at radius 2 is 1.81 bits per heavy atom. The van der Waals surface area contributed by atoms with Crippen molar-refractivity contribution < 1.29 is 9.84 Å². The van der Waals surface area contributed by atoms with Crippen LogP contribution in [0.1, 0.15) is 29.5 Å². The summed E-state index contributed by atoms with van der Waals surface area (Å²) in [4.78, 5) is 0. The zero-order valence-electron chi connectivity index (χ0n) is 12.3. The lowest BCUT2D eigenvalue weighted by Gasteiger charge is -2.11. The summed E-state index contributed by atoms with van der Waals surface area (Å²) in [5, 5.41) is 12.6. The molecule has 3 rings (SSSR count). The maximum atomic E-state index is 9.04. The summed E-state index contributed by atoms with van der Waals surface area (Å²) in [5.41, 5.74) is 3.32. The van der Waals surface area contributed by atoms with Gasteiger partial charge in [0.2, 0.25) is 0 Å². The smallest absolute Gasteiger partial charge is 0.130 e. The first kappa shape index (κ1) is 14.1. The quantitative estimate of drug-likeness (QED) is 0.852. The van der Waals surface area contributed by atoms with Crippen molar-refractivity contribution in [2.45, 2.75) is 39.0 Å². The number of benzene rings is 2. The number of hydrogen-bond acceptors (Lipinski definition) is 3. The van der Waals surface area contributed by atoms with Gasteiger partial charge in [-0.15, -0.1) is 0 Å². The lowest BCUT2D eigenvalue weighted by atomic mass is 10.1. The molecule has 2 aromatic carbocycles. The third-order valence-corrected chi connectivity index (χ3v) is 3.75. The molecule has 0 amide bonds. The van der Waals surface area contributed by atoms with Crippen LogP contribution in [-0.2, 0) is 13.2 Å². The van der Waals surface area contributed by atoms with E-state index in [2.05, 4.69) is 24.4 Å². The average Bonchev–Trinajstić information content (AvgIpc) is 3.33. The largest absolute Gasteiger partial charge is 0.457 e. The number of nitrogens with one attached hydrogen (secondary N) is 1. The highest BCUT2D eigenvalue weighted by Gasteiger charge is 2.19. The van der Waals surface area contributed by atoms with E-state index in [1.807, 2.05) is 30.3 Å². The van der Waals surface area contributed by atoms with Gasteiger partial charge >= 0.3 is 0 Å². The van der Waals surface area contributed by atoms with Gasteiger partial charge < -0.3 is 15.2 Å². The standard InChI is InChI=1S/C18H21NO2/c1-13-10-15(11-19-16-5-6-16)4-9-18(13)21-17-7-2-14(12-20)3-8-17/h2-4,7-10,16,19-20H,5-6,11-12H2,1H3. The van der Waals surface area contributed by atoms with Crippen LogP contribution in [0.5, 0.6) is 11.5 Å². The molecule has 3 nitrogen and oxygen atoms in total. The van der Waals surface area contributed by atoms with Gasteiger partial charge in [-0.05, 0) is 54.7 Å². The summed E-state index contributed by atoms with van der Waals surface area (Å²) >= 11 is 0. The molecule has 0 heterocycles. The summed E-state index contributed by atoms with van der Waals surface area (Å²) < 4.78 is 5.90. The molecule has 0 bridgehead atoms. The highest BCUT2D eigenvalue weighted by molar-refractivity contribution is 5.40. The van der Waals surface area contributed by atoms with Crippen LogP contribution >= 0.6 is 0 Å². The van der Waals surface area contributed by atoms with E-state index in [4.69, 9.17) is 9.84 Å². The van der Waals surface area contributed by atoms with Crippen molar-refractivity contribution >= 4 is 0 Å². The Kier molecular flexibility index (Phi) is 4.23. The molecule has 0 aliphatic heterocycles. The Labute approximate surface area is 125 Å². The van der Waals surface area contributed by atoms with Crippen LogP contribution in [-0.4, -0.2) is 11.1 Å². The summed E-state index contributed by atoms with van der Waals surface area (Å²) in [6.45, 7) is 3.05. The minimum atomic E-state index is 0.0575. The molecule has 1 saturated carbocycles. The van der Waals surface area contributed by atoms with Crippen LogP contribution in [0.4, 0.5) is 0 Å². The molecule has 110 valence electrons. The fraction of sp³-hybridized carbons (Fsp3) is 0.333. The van der Waals surface area contributed by atoms with Gasteiger partial charge in [-0.3, -0.25) is 0 Å². The fourth-order valence-electron chi connectivity index (χ4n) is 2.28. The maximum Gasteiger partial charge on any atom is 0.130 e. The van der Waals surface area contributed by atoms with E-state index in [9.17, 15) is 0 Å². The van der Waals surface area contributed by atoms with Gasteiger partial charge in [0.05, 0.1) is 6.61 Å². The first-order chi connectivity index (χ1) is 10.2. The monoisotopic (exact) mass is 283 g/mol. The third kappa shape index (κ3) is 3.84. The van der Waals surface area contributed by atoms with Crippen molar-refractivity contribution in [3.8, 4) is 11.5 Å². The molecule has 1 aliphatic rings. The Balaban J connectivity index is 1.66. The molecule has 2 N–H and O–H groups in total. The van der Waals surface area contributed by atoms with E-state index in [0.29, 0.717) is 0 Å². The van der Waals surface area contributed by atoms with E-state index in [1.165, 1.54) is 18.4 Å². The van der Waals surface area contributed by atoms with Crippen molar-refractivity contribution in [3.63, 3.8) is 0 Å². The summed E-state index contributed by atoms with van der Waals surface area (Å²) in [7, 11) is 0. The normalized spacial score (nSPS) is 14.2. The summed E-state index contributed by atoms with van der Waals surface area (Å²) in [6, 6.07) is 14.6. The second kappa shape index (κ2) is 6.29. The van der Waals surface area contributed by atoms with Crippen molar-refractivity contribution in [2.24, 2.45) is 0 Å². The topological polar surface area (TPSA) is 41.5 Å². The number of hydrogen-bond donors (Lipinski definition) is 2. The zero-order valence-corrected chi connectivity index (χ0v) is 12.3. The zero-order chi connectivity index (χ0) is 14.7. The average molecular weight is 283 g/mol. The predicted molar refractivity (Wildman–Crippen MR) is 83.5 cm³/mol. The van der Waals surface area contributed by atoms with Gasteiger partial charge in [0.15, 0.2) is 0 Å². The maximum absolute atomic E-state index is 9.04. The van der Waals surface area contributed by atoms with Crippen molar-refractivity contribution in [2.75, 3.05) is 0 Å². The van der Waals surface area contributed by atoms with Crippen LogP contribution < -0.4 is 10.1 Å². The molecule has 0 radical (unpaired) electrons. The van der Waals surface area contributed by atoms with Crippen LogP contribution in [0.2, 0.25) is 0 Å². The van der Waals surface area contributed by atoms with E-state index >= 15 is 0 Å². The fourth-order valence-corrected chi connectivity index (χ4v) is 2.28. The third-order valence-electron chi connectivity index (χ3n) is 3.75. The molecule has 3 heteroatoms. The SMILES string of the molecule is Cc1cc(CNC2CC2)ccc1Oc1ccc(CO)cc1. The minimum absolute atomic E-state index is 0.0575. The molecule has 2 aromatic rings. The molecular formula is C18H21NO2. The summed E-state index contributed by atoms with van der Waals surface area (Å²) in [5.74, 6) is 1.67. The molecule has 0 saturated heterocycles. The van der Waals surface area contributed by atoms with Gasteiger partial charge in [-0.25, -0.2) is 0 Å². The van der Waals surface area contributed by atoms with Crippen LogP contribution in [0.25, 0.3) is 0 Å². The van der Waals surface area contributed by atoms with E-state index < -0.39 is 0 Å². The molecule has 21 heavy (non-hydrogen) atoms. The Morgan fingerprint density at radius 3 is 2.43 bits per heavy atom. The Hall–Kier alpha value is -1.84. The molecule has 1 aliphatic carbocycles. The van der Waals surface area contributed by atoms with Gasteiger partial charge in [0.25, 0.3) is 0 Å². The van der Waals surface area contributed by atoms with Crippen LogP contribution in [0.3, 0.4) is 0 Å². The minimum Gasteiger partial charge on any atom is -0.457 e. The first-order valence-electron chi connectivity index (χ1n) is 7.45. The van der Waals surface area contributed by atoms with Gasteiger partial charge in [-0.2, -0.15) is 0 Å². The molecule has 0 atom stereocenters.